The molecule has 3 heterocycles. The van der Waals surface area contributed by atoms with E-state index >= 15 is 0 Å². The van der Waals surface area contributed by atoms with E-state index in [2.05, 4.69) is 31.0 Å². The van der Waals surface area contributed by atoms with Gasteiger partial charge in [0.1, 0.15) is 4.83 Å². The number of carbonyl (C=O) groups excluding carboxylic acids is 1. The summed E-state index contributed by atoms with van der Waals surface area (Å²) in [5.74, 6) is 0.824. The Morgan fingerprint density at radius 1 is 1.26 bits per heavy atom. The molecule has 0 radical (unpaired) electrons. The second-order valence-electron chi connectivity index (χ2n) is 9.90. The quantitative estimate of drug-likeness (QED) is 0.298. The van der Waals surface area contributed by atoms with Gasteiger partial charge >= 0.3 is 5.97 Å². The van der Waals surface area contributed by atoms with Crippen LogP contribution in [0.4, 0.5) is 0 Å². The number of aryl methyl sites for hydroxylation is 2. The van der Waals surface area contributed by atoms with Crippen LogP contribution in [0.1, 0.15) is 43.2 Å². The van der Waals surface area contributed by atoms with Crippen LogP contribution >= 0.6 is 23.1 Å². The monoisotopic (exact) mass is 496 g/mol. The van der Waals surface area contributed by atoms with Crippen molar-refractivity contribution in [2.45, 2.75) is 52.1 Å². The molecule has 0 N–H and O–H groups in total. The molecule has 3 aromatic heterocycles. The highest BCUT2D eigenvalue weighted by Gasteiger charge is 2.33. The normalized spacial score (nSPS) is 16.2. The number of fused-ring (bicyclic) bond motifs is 5. The number of ether oxygens (including phenoxy) is 1. The highest BCUT2D eigenvalue weighted by atomic mass is 32.2. The standard InChI is InChI=1S/C25H28N4O3S2/c1-14-8-6-7-9-17(14)28-21(31)20-16-11-10-15(25(2,3)4)12-18(16)34-22(20)29-23(28)26-27-24(29)33-13-19(30)32-5/h6-9,15H,10-13H2,1-5H3/t15-/m1/s1. The number of methoxy groups -OCH3 is 1. The van der Waals surface area contributed by atoms with E-state index < -0.39 is 0 Å². The second-order valence-corrected chi connectivity index (χ2v) is 11.9. The maximum Gasteiger partial charge on any atom is 0.316 e. The zero-order valence-electron chi connectivity index (χ0n) is 20.0. The van der Waals surface area contributed by atoms with Crippen molar-refractivity contribution in [3.63, 3.8) is 0 Å². The van der Waals surface area contributed by atoms with E-state index in [1.54, 1.807) is 15.9 Å². The van der Waals surface area contributed by atoms with Crippen molar-refractivity contribution >= 4 is 45.1 Å². The third-order valence-corrected chi connectivity index (χ3v) is 8.95. The van der Waals surface area contributed by atoms with Gasteiger partial charge in [-0.25, -0.2) is 8.97 Å². The smallest absolute Gasteiger partial charge is 0.316 e. The topological polar surface area (TPSA) is 78.5 Å². The molecule has 34 heavy (non-hydrogen) atoms. The van der Waals surface area contributed by atoms with E-state index in [9.17, 15) is 9.59 Å². The highest BCUT2D eigenvalue weighted by Crippen LogP contribution is 2.43. The Morgan fingerprint density at radius 2 is 2.03 bits per heavy atom. The van der Waals surface area contributed by atoms with E-state index in [0.717, 1.165) is 46.3 Å². The molecular weight excluding hydrogens is 468 g/mol. The average Bonchev–Trinajstić information content (AvgIpc) is 3.39. The van der Waals surface area contributed by atoms with Gasteiger partial charge in [-0.05, 0) is 54.7 Å². The van der Waals surface area contributed by atoms with Gasteiger partial charge in [0.15, 0.2) is 5.16 Å². The Hall–Kier alpha value is -2.65. The molecule has 0 unspecified atom stereocenters. The van der Waals surface area contributed by atoms with Crippen LogP contribution in [0.25, 0.3) is 21.7 Å². The molecule has 9 heteroatoms. The molecule has 1 aromatic carbocycles. The lowest BCUT2D eigenvalue weighted by atomic mass is 9.72. The van der Waals surface area contributed by atoms with E-state index in [1.165, 1.54) is 23.7 Å². The number of rotatable bonds is 4. The lowest BCUT2D eigenvalue weighted by Crippen LogP contribution is -2.27. The first-order valence-electron chi connectivity index (χ1n) is 11.4. The maximum absolute atomic E-state index is 14.0. The van der Waals surface area contributed by atoms with Crippen LogP contribution in [0.15, 0.2) is 34.2 Å². The second kappa shape index (κ2) is 8.53. The first kappa shape index (κ1) is 23.1. The minimum atomic E-state index is -0.330. The Kier molecular flexibility index (Phi) is 5.80. The van der Waals surface area contributed by atoms with E-state index in [4.69, 9.17) is 4.74 Å². The Balaban J connectivity index is 1.80. The predicted octanol–water partition coefficient (Wildman–Crippen LogP) is 4.82. The summed E-state index contributed by atoms with van der Waals surface area (Å²) < 4.78 is 8.44. The van der Waals surface area contributed by atoms with E-state index in [1.807, 2.05) is 35.6 Å². The third kappa shape index (κ3) is 3.75. The predicted molar refractivity (Wildman–Crippen MR) is 136 cm³/mol. The first-order chi connectivity index (χ1) is 16.2. The van der Waals surface area contributed by atoms with Crippen LogP contribution in [0.5, 0.6) is 0 Å². The average molecular weight is 497 g/mol. The van der Waals surface area contributed by atoms with Crippen LogP contribution < -0.4 is 5.56 Å². The molecule has 0 bridgehead atoms. The van der Waals surface area contributed by atoms with Gasteiger partial charge in [0.25, 0.3) is 5.56 Å². The molecule has 0 saturated carbocycles. The zero-order chi connectivity index (χ0) is 24.2. The highest BCUT2D eigenvalue weighted by molar-refractivity contribution is 7.99. The van der Waals surface area contributed by atoms with Crippen molar-refractivity contribution in [3.05, 3.63) is 50.6 Å². The van der Waals surface area contributed by atoms with Gasteiger partial charge < -0.3 is 4.74 Å². The largest absolute Gasteiger partial charge is 0.468 e. The molecular formula is C25H28N4O3S2. The van der Waals surface area contributed by atoms with Gasteiger partial charge in [-0.15, -0.1) is 21.5 Å². The van der Waals surface area contributed by atoms with Crippen molar-refractivity contribution in [2.24, 2.45) is 11.3 Å². The molecule has 0 spiro atoms. The van der Waals surface area contributed by atoms with Gasteiger partial charge in [-0.1, -0.05) is 50.7 Å². The number of aromatic nitrogens is 4. The summed E-state index contributed by atoms with van der Waals surface area (Å²) in [4.78, 5) is 28.0. The zero-order valence-corrected chi connectivity index (χ0v) is 21.7. The van der Waals surface area contributed by atoms with Crippen molar-refractivity contribution < 1.29 is 9.53 Å². The molecule has 178 valence electrons. The van der Waals surface area contributed by atoms with E-state index in [-0.39, 0.29) is 22.7 Å². The Labute approximate surface area is 206 Å². The Morgan fingerprint density at radius 3 is 2.74 bits per heavy atom. The molecule has 0 fully saturated rings. The van der Waals surface area contributed by atoms with Crippen molar-refractivity contribution in [3.8, 4) is 5.69 Å². The summed E-state index contributed by atoms with van der Waals surface area (Å²) in [6, 6.07) is 7.81. The van der Waals surface area contributed by atoms with E-state index in [0.29, 0.717) is 16.9 Å². The number of thioether (sulfide) groups is 1. The minimum Gasteiger partial charge on any atom is -0.468 e. The lowest BCUT2D eigenvalue weighted by Gasteiger charge is -2.33. The number of carbonyl (C=O) groups is 1. The summed E-state index contributed by atoms with van der Waals surface area (Å²) in [5, 5.41) is 10.1. The molecule has 7 nitrogen and oxygen atoms in total. The molecule has 0 aliphatic heterocycles. The number of benzene rings is 1. The summed E-state index contributed by atoms with van der Waals surface area (Å²) in [6.45, 7) is 8.87. The molecule has 4 aromatic rings. The van der Waals surface area contributed by atoms with Crippen LogP contribution in [0.2, 0.25) is 0 Å². The van der Waals surface area contributed by atoms with Crippen LogP contribution in [-0.4, -0.2) is 38.0 Å². The van der Waals surface area contributed by atoms with Gasteiger partial charge in [-0.3, -0.25) is 9.59 Å². The molecule has 1 aliphatic carbocycles. The fraction of sp³-hybridized carbons (Fsp3) is 0.440. The number of esters is 1. The van der Waals surface area contributed by atoms with Crippen molar-refractivity contribution in [1.82, 2.24) is 19.2 Å². The SMILES string of the molecule is COC(=O)CSc1nnc2n(-c3ccccc3C)c(=O)c3c4c(sc3n12)C[C@H](C(C)(C)C)CC4. The van der Waals surface area contributed by atoms with Crippen LogP contribution in [0, 0.1) is 18.3 Å². The van der Waals surface area contributed by atoms with Crippen LogP contribution in [-0.2, 0) is 22.4 Å². The number of hydrogen-bond donors (Lipinski definition) is 0. The number of hydrogen-bond acceptors (Lipinski definition) is 7. The van der Waals surface area contributed by atoms with Crippen molar-refractivity contribution in [1.29, 1.82) is 0 Å². The summed E-state index contributed by atoms with van der Waals surface area (Å²) >= 11 is 2.95. The molecule has 0 saturated heterocycles. The van der Waals surface area contributed by atoms with Gasteiger partial charge in [0.2, 0.25) is 5.78 Å². The molecule has 1 aliphatic rings. The molecule has 1 atom stereocenters. The van der Waals surface area contributed by atoms with Crippen molar-refractivity contribution in [2.75, 3.05) is 12.9 Å². The summed E-state index contributed by atoms with van der Waals surface area (Å²) in [5.41, 5.74) is 3.09. The lowest BCUT2D eigenvalue weighted by molar-refractivity contribution is -0.137. The molecule has 5 rings (SSSR count). The summed E-state index contributed by atoms with van der Waals surface area (Å²) in [6.07, 6.45) is 2.92. The fourth-order valence-corrected chi connectivity index (χ4v) is 7.02. The third-order valence-electron chi connectivity index (χ3n) is 6.81. The number of nitrogens with zero attached hydrogens (tertiary/aromatic N) is 4. The molecule has 0 amide bonds. The Bertz CT molecular complexity index is 1480. The minimum absolute atomic E-state index is 0.0552. The number of thiophene rings is 1. The van der Waals surface area contributed by atoms with Crippen LogP contribution in [0.3, 0.4) is 0 Å². The maximum atomic E-state index is 14.0. The van der Waals surface area contributed by atoms with Gasteiger partial charge in [-0.2, -0.15) is 0 Å². The van der Waals surface area contributed by atoms with Gasteiger partial charge in [0, 0.05) is 4.88 Å². The van der Waals surface area contributed by atoms with Gasteiger partial charge in [0.05, 0.1) is 23.9 Å². The first-order valence-corrected chi connectivity index (χ1v) is 13.2. The number of para-hydroxylation sites is 1. The fourth-order valence-electron chi connectivity index (χ4n) is 4.78. The summed E-state index contributed by atoms with van der Waals surface area (Å²) in [7, 11) is 1.37.